The molecule has 2 aliphatic heterocycles. The fraction of sp³-hybridized carbons (Fsp3) is 0.692. The van der Waals surface area contributed by atoms with Crippen molar-refractivity contribution in [1.29, 1.82) is 0 Å². The summed E-state index contributed by atoms with van der Waals surface area (Å²) >= 11 is 1.82. The zero-order chi connectivity index (χ0) is 25.4. The molecule has 0 N–H and O–H groups in total. The van der Waals surface area contributed by atoms with E-state index in [1.54, 1.807) is 0 Å². The van der Waals surface area contributed by atoms with Crippen molar-refractivity contribution in [2.45, 2.75) is 94.7 Å². The van der Waals surface area contributed by atoms with Gasteiger partial charge in [0.25, 0.3) is 0 Å². The molecule has 0 atom stereocenters. The molecular formula is C26H44N4SSi2. The Morgan fingerprint density at radius 1 is 0.576 bits per heavy atom. The molecule has 0 unspecified atom stereocenters. The maximum atomic E-state index is 5.17. The lowest BCUT2D eigenvalue weighted by atomic mass is 9.66. The summed E-state index contributed by atoms with van der Waals surface area (Å²) in [4.78, 5) is 12.8. The first-order chi connectivity index (χ1) is 14.6. The second-order valence-electron chi connectivity index (χ2n) is 13.8. The number of hydrogen-bond acceptors (Lipinski definition) is 3. The van der Waals surface area contributed by atoms with Crippen LogP contribution >= 0.6 is 11.3 Å². The SMILES string of the molecule is CC1(C)C(c2ccc(C3=N/C(=N/[Si](C)(C)C)C(C)(C)C3(C)C)s2)=N/C(=N/[Si](C)(C)C)C1(C)C. The first kappa shape index (κ1) is 26.4. The summed E-state index contributed by atoms with van der Waals surface area (Å²) < 4.78 is 10.3. The summed E-state index contributed by atoms with van der Waals surface area (Å²) in [5.74, 6) is 2.03. The maximum Gasteiger partial charge on any atom is 0.174 e. The molecule has 0 saturated carbocycles. The van der Waals surface area contributed by atoms with Gasteiger partial charge in [0.2, 0.25) is 0 Å². The standard InChI is InChI=1S/C26H44N4SSi2/c1-23(2)19(27-21(25(23,5)6)29-32(9,10)11)17-15-16-18(31-17)20-24(3,4)26(7,8)22(28-20)30-33(12,13)14/h15-16H,1-14H3/b29-21+,30-22+. The molecule has 1 aromatic heterocycles. The van der Waals surface area contributed by atoms with E-state index in [0.29, 0.717) is 0 Å². The van der Waals surface area contributed by atoms with Crippen molar-refractivity contribution in [1.82, 2.24) is 0 Å². The summed E-state index contributed by atoms with van der Waals surface area (Å²) in [6.07, 6.45) is 0. The molecule has 33 heavy (non-hydrogen) atoms. The van der Waals surface area contributed by atoms with E-state index in [2.05, 4.69) is 107 Å². The van der Waals surface area contributed by atoms with Crippen LogP contribution in [-0.4, -0.2) is 39.6 Å². The number of thiophene rings is 1. The topological polar surface area (TPSA) is 49.4 Å². The minimum Gasteiger partial charge on any atom is -0.309 e. The Balaban J connectivity index is 2.11. The predicted octanol–water partition coefficient (Wildman–Crippen LogP) is 7.93. The van der Waals surface area contributed by atoms with Gasteiger partial charge in [-0.15, -0.1) is 11.3 Å². The molecule has 1 aromatic rings. The molecule has 3 rings (SSSR count). The number of nitrogens with zero attached hydrogens (tertiary/aromatic N) is 4. The zero-order valence-corrected chi connectivity index (χ0v) is 26.2. The van der Waals surface area contributed by atoms with Gasteiger partial charge in [0, 0.05) is 31.4 Å². The number of rotatable bonds is 4. The van der Waals surface area contributed by atoms with E-state index in [-0.39, 0.29) is 21.7 Å². The Hall–Kier alpha value is -1.19. The Morgan fingerprint density at radius 3 is 1.15 bits per heavy atom. The summed E-state index contributed by atoms with van der Waals surface area (Å²) in [7, 11) is -3.25. The third kappa shape index (κ3) is 4.45. The Bertz CT molecular complexity index is 1000. The van der Waals surface area contributed by atoms with Crippen LogP contribution < -0.4 is 0 Å². The normalized spacial score (nSPS) is 26.1. The molecule has 3 heterocycles. The van der Waals surface area contributed by atoms with Crippen LogP contribution in [-0.2, 0) is 0 Å². The van der Waals surface area contributed by atoms with Crippen molar-refractivity contribution >= 4 is 50.9 Å². The summed E-state index contributed by atoms with van der Waals surface area (Å²) in [5, 5.41) is 0. The molecule has 0 fully saturated rings. The maximum absolute atomic E-state index is 5.17. The highest BCUT2D eigenvalue weighted by Gasteiger charge is 2.53. The number of hydrogen-bond donors (Lipinski definition) is 0. The lowest BCUT2D eigenvalue weighted by Crippen LogP contribution is -2.39. The van der Waals surface area contributed by atoms with Crippen LogP contribution in [0.25, 0.3) is 0 Å². The van der Waals surface area contributed by atoms with Gasteiger partial charge in [0.05, 0.1) is 11.4 Å². The predicted molar refractivity (Wildman–Crippen MR) is 154 cm³/mol. The highest BCUT2D eigenvalue weighted by atomic mass is 32.1. The van der Waals surface area contributed by atoms with Crippen molar-refractivity contribution < 1.29 is 0 Å². The second kappa shape index (κ2) is 7.66. The van der Waals surface area contributed by atoms with Crippen molar-refractivity contribution in [3.05, 3.63) is 21.9 Å². The molecule has 0 aromatic carbocycles. The second-order valence-corrected chi connectivity index (χ2v) is 24.0. The first-order valence-corrected chi connectivity index (χ1v) is 19.8. The van der Waals surface area contributed by atoms with Crippen molar-refractivity contribution in [3.63, 3.8) is 0 Å². The van der Waals surface area contributed by atoms with E-state index < -0.39 is 16.5 Å². The van der Waals surface area contributed by atoms with Gasteiger partial charge in [-0.3, -0.25) is 0 Å². The largest absolute Gasteiger partial charge is 0.309 e. The van der Waals surface area contributed by atoms with Gasteiger partial charge in [-0.2, -0.15) is 0 Å². The van der Waals surface area contributed by atoms with Crippen molar-refractivity contribution in [3.8, 4) is 0 Å². The van der Waals surface area contributed by atoms with Crippen LogP contribution in [0.4, 0.5) is 0 Å². The van der Waals surface area contributed by atoms with Crippen LogP contribution in [0.1, 0.15) is 65.1 Å². The fourth-order valence-electron chi connectivity index (χ4n) is 4.21. The zero-order valence-electron chi connectivity index (χ0n) is 23.4. The minimum absolute atomic E-state index is 0.0929. The monoisotopic (exact) mass is 500 g/mol. The van der Waals surface area contributed by atoms with Gasteiger partial charge in [-0.1, -0.05) is 55.4 Å². The molecule has 0 aliphatic carbocycles. The molecule has 7 heteroatoms. The van der Waals surface area contributed by atoms with E-state index in [9.17, 15) is 0 Å². The third-order valence-corrected chi connectivity index (χ3v) is 10.7. The molecule has 0 saturated heterocycles. The van der Waals surface area contributed by atoms with Gasteiger partial charge in [-0.05, 0) is 51.4 Å². The van der Waals surface area contributed by atoms with Crippen molar-refractivity contribution in [2.24, 2.45) is 41.0 Å². The highest BCUT2D eigenvalue weighted by molar-refractivity contribution is 7.16. The quantitative estimate of drug-likeness (QED) is 0.377. The average molecular weight is 501 g/mol. The lowest BCUT2D eigenvalue weighted by Gasteiger charge is -2.36. The smallest absolute Gasteiger partial charge is 0.174 e. The Kier molecular flexibility index (Phi) is 6.13. The van der Waals surface area contributed by atoms with Gasteiger partial charge in [-0.25, -0.2) is 9.98 Å². The van der Waals surface area contributed by atoms with Crippen LogP contribution in [0.2, 0.25) is 39.3 Å². The molecule has 0 spiro atoms. The molecule has 2 aliphatic rings. The average Bonchev–Trinajstić information content (AvgIpc) is 3.17. The Labute approximate surface area is 208 Å². The number of amidine groups is 2. The van der Waals surface area contributed by atoms with Gasteiger partial charge >= 0.3 is 0 Å². The van der Waals surface area contributed by atoms with Crippen molar-refractivity contribution in [2.75, 3.05) is 0 Å². The highest BCUT2D eigenvalue weighted by Crippen LogP contribution is 2.51. The fourth-order valence-corrected chi connectivity index (χ4v) is 7.44. The van der Waals surface area contributed by atoms with E-state index >= 15 is 0 Å². The third-order valence-electron chi connectivity index (χ3n) is 7.82. The van der Waals surface area contributed by atoms with E-state index in [0.717, 1.165) is 23.1 Å². The lowest BCUT2D eigenvalue weighted by molar-refractivity contribution is 0.299. The molecule has 4 nitrogen and oxygen atoms in total. The van der Waals surface area contributed by atoms with E-state index in [4.69, 9.17) is 19.3 Å². The number of aliphatic imine (C=N–C) groups is 2. The van der Waals surface area contributed by atoms with Gasteiger partial charge < -0.3 is 9.32 Å². The van der Waals surface area contributed by atoms with Crippen LogP contribution in [0.15, 0.2) is 31.4 Å². The molecular weight excluding hydrogens is 457 g/mol. The Morgan fingerprint density at radius 2 is 0.879 bits per heavy atom. The first-order valence-electron chi connectivity index (χ1n) is 12.1. The molecule has 0 amide bonds. The van der Waals surface area contributed by atoms with Crippen LogP contribution in [0, 0.1) is 21.7 Å². The molecule has 0 bridgehead atoms. The van der Waals surface area contributed by atoms with Gasteiger partial charge in [0.15, 0.2) is 16.5 Å². The van der Waals surface area contributed by atoms with Crippen LogP contribution in [0.3, 0.4) is 0 Å². The minimum atomic E-state index is -1.63. The van der Waals surface area contributed by atoms with Gasteiger partial charge in [0.1, 0.15) is 11.7 Å². The van der Waals surface area contributed by atoms with E-state index in [1.165, 1.54) is 9.75 Å². The van der Waals surface area contributed by atoms with E-state index in [1.807, 2.05) is 11.3 Å². The summed E-state index contributed by atoms with van der Waals surface area (Å²) in [6.45, 7) is 32.1. The van der Waals surface area contributed by atoms with Crippen LogP contribution in [0.5, 0.6) is 0 Å². The summed E-state index contributed by atoms with van der Waals surface area (Å²) in [5.41, 5.74) is 1.93. The summed E-state index contributed by atoms with van der Waals surface area (Å²) in [6, 6.07) is 4.49. The molecule has 182 valence electrons. The molecule has 0 radical (unpaired) electrons.